The van der Waals surface area contributed by atoms with Crippen LogP contribution in [0.4, 0.5) is 0 Å². The second-order valence-corrected chi connectivity index (χ2v) is 2.32. The lowest BCUT2D eigenvalue weighted by Crippen LogP contribution is -2.07. The van der Waals surface area contributed by atoms with E-state index < -0.39 is 25.5 Å². The third kappa shape index (κ3) is 2.71. The molecule has 1 unspecified atom stereocenters. The standard InChI is InChI=1S/C7H15Br/c1-4-7(5-8)6(2)3/h6-7H,4-5H2,1-3H3/i2D3,3D3,6D. The molecule has 0 aliphatic rings. The molecule has 0 rings (SSSR count). The van der Waals surface area contributed by atoms with E-state index in [-0.39, 0.29) is 5.33 Å². The third-order valence-electron chi connectivity index (χ3n) is 1.09. The van der Waals surface area contributed by atoms with Crippen LogP contribution in [0.1, 0.15) is 36.6 Å². The second-order valence-electron chi connectivity index (χ2n) is 1.67. The van der Waals surface area contributed by atoms with Crippen molar-refractivity contribution in [3.8, 4) is 0 Å². The van der Waals surface area contributed by atoms with Gasteiger partial charge in [-0.15, -0.1) is 0 Å². The van der Waals surface area contributed by atoms with E-state index in [0.29, 0.717) is 6.42 Å². The molecule has 0 saturated heterocycles. The summed E-state index contributed by atoms with van der Waals surface area (Å²) in [6.45, 7) is -3.94. The molecule has 0 aliphatic carbocycles. The van der Waals surface area contributed by atoms with E-state index in [1.807, 2.05) is 0 Å². The molecule has 1 heteroatoms. The molecule has 8 heavy (non-hydrogen) atoms. The molecule has 0 aromatic carbocycles. The van der Waals surface area contributed by atoms with E-state index in [4.69, 9.17) is 9.60 Å². The highest BCUT2D eigenvalue weighted by atomic mass is 79.9. The van der Waals surface area contributed by atoms with Gasteiger partial charge in [-0.3, -0.25) is 0 Å². The molecule has 0 spiro atoms. The number of alkyl halides is 1. The lowest BCUT2D eigenvalue weighted by Gasteiger charge is -2.14. The van der Waals surface area contributed by atoms with Crippen LogP contribution >= 0.6 is 15.9 Å². The molecule has 0 amide bonds. The van der Waals surface area contributed by atoms with Crippen molar-refractivity contribution in [1.29, 1.82) is 0 Å². The van der Waals surface area contributed by atoms with E-state index in [2.05, 4.69) is 15.9 Å². The Morgan fingerprint density at radius 1 is 1.75 bits per heavy atom. The van der Waals surface area contributed by atoms with Gasteiger partial charge in [0.2, 0.25) is 0 Å². The molecule has 0 bridgehead atoms. The van der Waals surface area contributed by atoms with Crippen molar-refractivity contribution in [2.75, 3.05) is 5.33 Å². The first-order valence-corrected chi connectivity index (χ1v) is 3.70. The third-order valence-corrected chi connectivity index (χ3v) is 1.87. The Labute approximate surface area is 70.6 Å². The summed E-state index contributed by atoms with van der Waals surface area (Å²) in [5, 5.41) is 0.198. The number of hydrogen-bond acceptors (Lipinski definition) is 0. The molecule has 0 aromatic heterocycles. The highest BCUT2D eigenvalue weighted by Crippen LogP contribution is 2.16. The Morgan fingerprint density at radius 3 is 2.50 bits per heavy atom. The largest absolute Gasteiger partial charge is 0.0925 e. The summed E-state index contributed by atoms with van der Waals surface area (Å²) >= 11 is 3.08. The summed E-state index contributed by atoms with van der Waals surface area (Å²) in [6.07, 6.45) is 0.339. The fraction of sp³-hybridized carbons (Fsp3) is 1.00. The monoisotopic (exact) mass is 185 g/mol. The number of hydrogen-bond donors (Lipinski definition) is 0. The van der Waals surface area contributed by atoms with Crippen LogP contribution in [0.15, 0.2) is 0 Å². The molecule has 0 fully saturated rings. The zero-order valence-electron chi connectivity index (χ0n) is 11.9. The Morgan fingerprint density at radius 2 is 2.38 bits per heavy atom. The first-order valence-electron chi connectivity index (χ1n) is 6.08. The van der Waals surface area contributed by atoms with Gasteiger partial charge >= 0.3 is 0 Å². The molecule has 1 atom stereocenters. The number of halogens is 1. The predicted molar refractivity (Wildman–Crippen MR) is 42.4 cm³/mol. The van der Waals surface area contributed by atoms with Gasteiger partial charge in [0.1, 0.15) is 0 Å². The summed E-state index contributed by atoms with van der Waals surface area (Å²) in [5.74, 6) is -3.13. The van der Waals surface area contributed by atoms with Crippen molar-refractivity contribution in [2.45, 2.75) is 27.0 Å². The molecule has 50 valence electrons. The average Bonchev–Trinajstić information content (AvgIpc) is 2.02. The molecule has 0 nitrogen and oxygen atoms in total. The van der Waals surface area contributed by atoms with Crippen LogP contribution in [0, 0.1) is 11.8 Å². The van der Waals surface area contributed by atoms with Gasteiger partial charge in [0, 0.05) is 14.9 Å². The lowest BCUT2D eigenvalue weighted by atomic mass is 9.96. The van der Waals surface area contributed by atoms with Gasteiger partial charge in [0.15, 0.2) is 0 Å². The van der Waals surface area contributed by atoms with Gasteiger partial charge < -0.3 is 0 Å². The van der Waals surface area contributed by atoms with E-state index in [1.54, 1.807) is 6.92 Å². The summed E-state index contributed by atoms with van der Waals surface area (Å²) in [6, 6.07) is 0. The molecule has 0 N–H and O–H groups in total. The van der Waals surface area contributed by atoms with Crippen molar-refractivity contribution in [3.63, 3.8) is 0 Å². The summed E-state index contributed by atoms with van der Waals surface area (Å²) < 4.78 is 51.3. The predicted octanol–water partition coefficient (Wildman–Crippen LogP) is 3.06. The molecule has 0 aliphatic heterocycles. The van der Waals surface area contributed by atoms with Crippen LogP contribution < -0.4 is 0 Å². The smallest absolute Gasteiger partial charge is 0.0300 e. The highest BCUT2D eigenvalue weighted by Gasteiger charge is 2.07. The van der Waals surface area contributed by atoms with Gasteiger partial charge in [-0.25, -0.2) is 0 Å². The SMILES string of the molecule is [2H]C([2H])([2H])C([2H])(C(CC)CBr)C([2H])([2H])[2H]. The Kier molecular flexibility index (Phi) is 1.24. The number of rotatable bonds is 3. The minimum Gasteiger partial charge on any atom is -0.0925 e. The van der Waals surface area contributed by atoms with Crippen LogP contribution in [0.25, 0.3) is 0 Å². The maximum atomic E-state index is 7.83. The first kappa shape index (κ1) is 2.26. The zero-order chi connectivity index (χ0) is 12.5. The van der Waals surface area contributed by atoms with Crippen LogP contribution in [0.5, 0.6) is 0 Å². The summed E-state index contributed by atoms with van der Waals surface area (Å²) in [4.78, 5) is 0. The molecule has 0 radical (unpaired) electrons. The molecule has 0 heterocycles. The summed E-state index contributed by atoms with van der Waals surface area (Å²) in [7, 11) is 0. The van der Waals surface area contributed by atoms with E-state index in [1.165, 1.54) is 0 Å². The van der Waals surface area contributed by atoms with Gasteiger partial charge in [-0.05, 0) is 11.8 Å². The Balaban J connectivity index is 5.40. The quantitative estimate of drug-likeness (QED) is 0.594. The van der Waals surface area contributed by atoms with Gasteiger partial charge in [0.05, 0.1) is 0 Å². The highest BCUT2D eigenvalue weighted by molar-refractivity contribution is 9.09. The van der Waals surface area contributed by atoms with Crippen molar-refractivity contribution in [2.24, 2.45) is 11.8 Å². The Bertz CT molecular complexity index is 188. The van der Waals surface area contributed by atoms with Gasteiger partial charge in [-0.2, -0.15) is 0 Å². The maximum absolute atomic E-state index is 7.83. The van der Waals surface area contributed by atoms with Crippen molar-refractivity contribution in [3.05, 3.63) is 0 Å². The lowest BCUT2D eigenvalue weighted by molar-refractivity contribution is 0.417. The van der Waals surface area contributed by atoms with E-state index in [9.17, 15) is 0 Å². The minimum absolute atomic E-state index is 0.198. The second kappa shape index (κ2) is 4.37. The van der Waals surface area contributed by atoms with Gasteiger partial charge in [-0.1, -0.05) is 43.0 Å². The van der Waals surface area contributed by atoms with Gasteiger partial charge in [0.25, 0.3) is 0 Å². The van der Waals surface area contributed by atoms with Crippen molar-refractivity contribution >= 4 is 15.9 Å². The fourth-order valence-corrected chi connectivity index (χ4v) is 1.17. The molecule has 0 saturated carbocycles. The summed E-state index contributed by atoms with van der Waals surface area (Å²) in [5.41, 5.74) is 0. The molecular weight excluding hydrogens is 164 g/mol. The molecule has 0 aromatic rings. The first-order chi connectivity index (χ1) is 6.52. The van der Waals surface area contributed by atoms with E-state index in [0.717, 1.165) is 0 Å². The van der Waals surface area contributed by atoms with Crippen LogP contribution in [0.2, 0.25) is 0 Å². The van der Waals surface area contributed by atoms with Crippen molar-refractivity contribution in [1.82, 2.24) is 0 Å². The normalized spacial score (nSPS) is 32.0. The van der Waals surface area contributed by atoms with Crippen LogP contribution in [-0.2, 0) is 0 Å². The Hall–Kier alpha value is 0.480. The topological polar surface area (TPSA) is 0 Å². The maximum Gasteiger partial charge on any atom is 0.0300 e. The molecular formula is C7H15Br. The average molecular weight is 186 g/mol. The van der Waals surface area contributed by atoms with Crippen molar-refractivity contribution < 1.29 is 9.60 Å². The zero-order valence-corrected chi connectivity index (χ0v) is 6.46. The van der Waals surface area contributed by atoms with Crippen LogP contribution in [0.3, 0.4) is 0 Å². The van der Waals surface area contributed by atoms with Crippen LogP contribution in [-0.4, -0.2) is 5.33 Å². The fourth-order valence-electron chi connectivity index (χ4n) is 0.390. The minimum atomic E-state index is -2.81. The van der Waals surface area contributed by atoms with E-state index >= 15 is 0 Å².